The smallest absolute Gasteiger partial charge is 0.311 e. The molecule has 4 nitrogen and oxygen atoms in total. The number of nitrogens with one attached hydrogen (secondary N) is 1. The molecule has 1 N–H and O–H groups in total. The average Bonchev–Trinajstić information content (AvgIpc) is 2.16. The second-order valence-corrected chi connectivity index (χ2v) is 4.21. The summed E-state index contributed by atoms with van der Waals surface area (Å²) in [6, 6.07) is 0. The largest absolute Gasteiger partial charge is 0.465 e. The van der Waals surface area contributed by atoms with Crippen LogP contribution in [0.4, 0.5) is 0 Å². The van der Waals surface area contributed by atoms with Crippen molar-refractivity contribution in [3.05, 3.63) is 0 Å². The normalized spacial score (nSPS) is 10.9. The number of ether oxygens (including phenoxy) is 1. The van der Waals surface area contributed by atoms with Crippen molar-refractivity contribution in [1.29, 1.82) is 0 Å². The predicted molar refractivity (Wildman–Crippen MR) is 58.3 cm³/mol. The van der Waals surface area contributed by atoms with Gasteiger partial charge >= 0.3 is 5.97 Å². The van der Waals surface area contributed by atoms with Gasteiger partial charge < -0.3 is 10.1 Å². The maximum Gasteiger partial charge on any atom is 0.311 e. The molecule has 0 aliphatic rings. The zero-order valence-corrected chi connectivity index (χ0v) is 10.1. The highest BCUT2D eigenvalue weighted by atomic mass is 16.5. The number of amides is 1. The van der Waals surface area contributed by atoms with Gasteiger partial charge in [0.2, 0.25) is 5.91 Å². The van der Waals surface area contributed by atoms with Gasteiger partial charge in [-0.15, -0.1) is 0 Å². The quantitative estimate of drug-likeness (QED) is 0.539. The van der Waals surface area contributed by atoms with E-state index < -0.39 is 5.41 Å². The predicted octanol–water partition coefficient (Wildman–Crippen LogP) is 1.49. The van der Waals surface area contributed by atoms with Crippen LogP contribution in [0.5, 0.6) is 0 Å². The lowest BCUT2D eigenvalue weighted by Crippen LogP contribution is -2.27. The number of carbonyl (C=O) groups is 2. The molecule has 0 radical (unpaired) electrons. The first-order chi connectivity index (χ1) is 6.90. The molecule has 0 fully saturated rings. The zero-order valence-electron chi connectivity index (χ0n) is 10.1. The topological polar surface area (TPSA) is 55.4 Å². The van der Waals surface area contributed by atoms with E-state index in [4.69, 9.17) is 4.74 Å². The van der Waals surface area contributed by atoms with E-state index in [-0.39, 0.29) is 11.9 Å². The van der Waals surface area contributed by atoms with Gasteiger partial charge in [-0.1, -0.05) is 6.92 Å². The van der Waals surface area contributed by atoms with Gasteiger partial charge in [-0.25, -0.2) is 0 Å². The SMILES string of the molecule is CCC(C)(C)C(=O)OCCCNC(C)=O. The molecule has 0 aliphatic carbocycles. The number of hydrogen-bond donors (Lipinski definition) is 1. The molecule has 4 heteroatoms. The van der Waals surface area contributed by atoms with Crippen LogP contribution in [0.1, 0.15) is 40.5 Å². The molecule has 88 valence electrons. The zero-order chi connectivity index (χ0) is 11.9. The Balaban J connectivity index is 3.60. The Labute approximate surface area is 91.4 Å². The fourth-order valence-corrected chi connectivity index (χ4v) is 0.841. The Morgan fingerprint density at radius 2 is 1.93 bits per heavy atom. The lowest BCUT2D eigenvalue weighted by atomic mass is 9.91. The molecule has 0 bridgehead atoms. The van der Waals surface area contributed by atoms with Crippen LogP contribution in [0, 0.1) is 5.41 Å². The third-order valence-corrected chi connectivity index (χ3v) is 2.36. The van der Waals surface area contributed by atoms with Crippen LogP contribution in [-0.2, 0) is 14.3 Å². The Morgan fingerprint density at radius 1 is 1.33 bits per heavy atom. The van der Waals surface area contributed by atoms with Gasteiger partial charge in [0.05, 0.1) is 12.0 Å². The summed E-state index contributed by atoms with van der Waals surface area (Å²) in [4.78, 5) is 22.0. The Bertz CT molecular complexity index is 224. The summed E-state index contributed by atoms with van der Waals surface area (Å²) >= 11 is 0. The summed E-state index contributed by atoms with van der Waals surface area (Å²) in [6.07, 6.45) is 1.42. The highest BCUT2D eigenvalue weighted by Gasteiger charge is 2.26. The summed E-state index contributed by atoms with van der Waals surface area (Å²) in [5.41, 5.74) is -0.409. The number of esters is 1. The van der Waals surface area contributed by atoms with Crippen LogP contribution in [0.15, 0.2) is 0 Å². The first-order valence-corrected chi connectivity index (χ1v) is 5.32. The molecule has 0 spiro atoms. The summed E-state index contributed by atoms with van der Waals surface area (Å²) in [7, 11) is 0. The van der Waals surface area contributed by atoms with Crippen LogP contribution in [0.2, 0.25) is 0 Å². The molecule has 0 heterocycles. The Kier molecular flexibility index (Phi) is 5.97. The van der Waals surface area contributed by atoms with E-state index in [0.717, 1.165) is 6.42 Å². The fourth-order valence-electron chi connectivity index (χ4n) is 0.841. The van der Waals surface area contributed by atoms with Crippen molar-refractivity contribution >= 4 is 11.9 Å². The molecule has 0 saturated carbocycles. The van der Waals surface area contributed by atoms with Crippen molar-refractivity contribution < 1.29 is 14.3 Å². The van der Waals surface area contributed by atoms with Gasteiger partial charge in [0.25, 0.3) is 0 Å². The molecule has 0 unspecified atom stereocenters. The van der Waals surface area contributed by atoms with E-state index in [0.29, 0.717) is 19.6 Å². The molecule has 0 aromatic heterocycles. The van der Waals surface area contributed by atoms with Crippen molar-refractivity contribution in [2.24, 2.45) is 5.41 Å². The lowest BCUT2D eigenvalue weighted by Gasteiger charge is -2.20. The van der Waals surface area contributed by atoms with Crippen molar-refractivity contribution in [1.82, 2.24) is 5.32 Å². The molecular formula is C11H21NO3. The van der Waals surface area contributed by atoms with Gasteiger partial charge in [-0.05, 0) is 26.7 Å². The Hall–Kier alpha value is -1.06. The minimum absolute atomic E-state index is 0.0600. The van der Waals surface area contributed by atoms with Gasteiger partial charge in [-0.2, -0.15) is 0 Å². The highest BCUT2D eigenvalue weighted by molar-refractivity contribution is 5.75. The summed E-state index contributed by atoms with van der Waals surface area (Å²) in [6.45, 7) is 8.06. The van der Waals surface area contributed by atoms with Crippen molar-refractivity contribution in [2.45, 2.75) is 40.5 Å². The van der Waals surface area contributed by atoms with Crippen LogP contribution in [0.3, 0.4) is 0 Å². The van der Waals surface area contributed by atoms with E-state index in [1.165, 1.54) is 6.92 Å². The molecule has 0 aliphatic heterocycles. The molecule has 0 saturated heterocycles. The van der Waals surface area contributed by atoms with E-state index in [1.54, 1.807) is 0 Å². The number of rotatable bonds is 6. The molecule has 15 heavy (non-hydrogen) atoms. The van der Waals surface area contributed by atoms with Crippen molar-refractivity contribution in [3.63, 3.8) is 0 Å². The van der Waals surface area contributed by atoms with Crippen LogP contribution in [-0.4, -0.2) is 25.0 Å². The minimum Gasteiger partial charge on any atom is -0.465 e. The highest BCUT2D eigenvalue weighted by Crippen LogP contribution is 2.21. The Morgan fingerprint density at radius 3 is 2.40 bits per heavy atom. The standard InChI is InChI=1S/C11H21NO3/c1-5-11(3,4)10(14)15-8-6-7-12-9(2)13/h5-8H2,1-4H3,(H,12,13). The average molecular weight is 215 g/mol. The van der Waals surface area contributed by atoms with E-state index in [1.807, 2.05) is 20.8 Å². The first-order valence-electron chi connectivity index (χ1n) is 5.32. The van der Waals surface area contributed by atoms with Crippen LogP contribution in [0.25, 0.3) is 0 Å². The fraction of sp³-hybridized carbons (Fsp3) is 0.818. The summed E-state index contributed by atoms with van der Waals surface area (Å²) < 4.78 is 5.09. The van der Waals surface area contributed by atoms with E-state index >= 15 is 0 Å². The maximum atomic E-state index is 11.5. The van der Waals surface area contributed by atoms with Crippen LogP contribution >= 0.6 is 0 Å². The van der Waals surface area contributed by atoms with E-state index in [9.17, 15) is 9.59 Å². The lowest BCUT2D eigenvalue weighted by molar-refractivity contribution is -0.154. The van der Waals surface area contributed by atoms with Crippen LogP contribution < -0.4 is 5.32 Å². The molecule has 0 atom stereocenters. The second kappa shape index (κ2) is 6.43. The summed E-state index contributed by atoms with van der Waals surface area (Å²) in [5.74, 6) is -0.233. The molecular weight excluding hydrogens is 194 g/mol. The first kappa shape index (κ1) is 13.9. The van der Waals surface area contributed by atoms with Crippen molar-refractivity contribution in [3.8, 4) is 0 Å². The van der Waals surface area contributed by atoms with Gasteiger partial charge in [0.15, 0.2) is 0 Å². The van der Waals surface area contributed by atoms with Gasteiger partial charge in [-0.3, -0.25) is 9.59 Å². The van der Waals surface area contributed by atoms with E-state index in [2.05, 4.69) is 5.32 Å². The van der Waals surface area contributed by atoms with Gasteiger partial charge in [0.1, 0.15) is 0 Å². The third kappa shape index (κ3) is 6.10. The monoisotopic (exact) mass is 215 g/mol. The van der Waals surface area contributed by atoms with Crippen molar-refractivity contribution in [2.75, 3.05) is 13.2 Å². The maximum absolute atomic E-state index is 11.5. The minimum atomic E-state index is -0.409. The number of carbonyl (C=O) groups excluding carboxylic acids is 2. The second-order valence-electron chi connectivity index (χ2n) is 4.21. The molecule has 0 aromatic carbocycles. The summed E-state index contributed by atoms with van der Waals surface area (Å²) in [5, 5.41) is 2.64. The van der Waals surface area contributed by atoms with Gasteiger partial charge in [0, 0.05) is 13.5 Å². The molecule has 0 rings (SSSR count). The number of hydrogen-bond acceptors (Lipinski definition) is 3. The third-order valence-electron chi connectivity index (χ3n) is 2.36. The molecule has 0 aromatic rings. The molecule has 1 amide bonds.